The van der Waals surface area contributed by atoms with E-state index in [0.717, 1.165) is 56.2 Å². The average molecular weight is 432 g/mol. The van der Waals surface area contributed by atoms with Gasteiger partial charge in [-0.1, -0.05) is 31.3 Å². The van der Waals surface area contributed by atoms with Gasteiger partial charge < -0.3 is 10.0 Å². The molecule has 0 heterocycles. The number of rotatable bonds is 1. The summed E-state index contributed by atoms with van der Waals surface area (Å²) in [5.74, 6) is 8.80. The molecule has 3 saturated carbocycles. The third-order valence-corrected chi connectivity index (χ3v) is 9.91. The van der Waals surface area contributed by atoms with Crippen LogP contribution < -0.4 is 4.90 Å². The standard InChI is InChI=1S/C29H37NO2/c1-27-15-12-23(31)19-21(27)7-10-24-25(27)13-16-28(2)26(24)14-18-29(28,32)17-11-20-5-8-22(9-6-20)30(3)4/h5-6,8-9,19,24-26,32H,7,10,12-16,18H2,1-4H3/t24-,25+,26+,27+,28+,29+/m1/s1. The van der Waals surface area contributed by atoms with Crippen molar-refractivity contribution in [2.75, 3.05) is 19.0 Å². The first-order valence-corrected chi connectivity index (χ1v) is 12.4. The molecule has 0 unspecified atom stereocenters. The smallest absolute Gasteiger partial charge is 0.155 e. The first-order valence-electron chi connectivity index (χ1n) is 12.4. The minimum absolute atomic E-state index is 0.146. The molecule has 0 saturated heterocycles. The Morgan fingerprint density at radius 1 is 0.969 bits per heavy atom. The lowest BCUT2D eigenvalue weighted by Gasteiger charge is -2.58. The SMILES string of the molecule is CN(C)c1ccc(C#C[C@]2(O)CC[C@H]3[C@@H]4CCC5=CC(=O)CC[C@]5(C)[C@H]4CC[C@@]32C)cc1. The second-order valence-electron chi connectivity index (χ2n) is 11.5. The predicted molar refractivity (Wildman–Crippen MR) is 129 cm³/mol. The molecule has 0 spiro atoms. The van der Waals surface area contributed by atoms with E-state index in [9.17, 15) is 9.90 Å². The van der Waals surface area contributed by atoms with E-state index in [-0.39, 0.29) is 10.8 Å². The number of carbonyl (C=O) groups excluding carboxylic acids is 1. The maximum atomic E-state index is 12.1. The van der Waals surface area contributed by atoms with Crippen LogP contribution in [0.3, 0.4) is 0 Å². The van der Waals surface area contributed by atoms with Gasteiger partial charge in [-0.2, -0.15) is 0 Å². The Balaban J connectivity index is 1.41. The molecule has 3 nitrogen and oxygen atoms in total. The van der Waals surface area contributed by atoms with Gasteiger partial charge in [0.2, 0.25) is 0 Å². The van der Waals surface area contributed by atoms with Crippen LogP contribution >= 0.6 is 0 Å². The Bertz CT molecular complexity index is 1010. The van der Waals surface area contributed by atoms with Gasteiger partial charge in [0.15, 0.2) is 5.78 Å². The van der Waals surface area contributed by atoms with Gasteiger partial charge in [0.1, 0.15) is 5.60 Å². The van der Waals surface area contributed by atoms with E-state index in [4.69, 9.17) is 0 Å². The van der Waals surface area contributed by atoms with E-state index in [1.807, 2.05) is 20.2 Å². The number of fused-ring (bicyclic) bond motifs is 5. The maximum absolute atomic E-state index is 12.1. The molecule has 1 aromatic carbocycles. The highest BCUT2D eigenvalue weighted by molar-refractivity contribution is 5.91. The Hall–Kier alpha value is -2.05. The second kappa shape index (κ2) is 7.49. The molecule has 0 aromatic heterocycles. The lowest BCUT2D eigenvalue weighted by atomic mass is 9.46. The van der Waals surface area contributed by atoms with E-state index in [2.05, 4.69) is 54.9 Å². The van der Waals surface area contributed by atoms with Crippen molar-refractivity contribution in [3.8, 4) is 11.8 Å². The molecule has 3 fully saturated rings. The highest BCUT2D eigenvalue weighted by Crippen LogP contribution is 2.67. The van der Waals surface area contributed by atoms with Crippen LogP contribution in [0.25, 0.3) is 0 Å². The fourth-order valence-corrected chi connectivity index (χ4v) is 7.80. The fraction of sp³-hybridized carbons (Fsp3) is 0.621. The summed E-state index contributed by atoms with van der Waals surface area (Å²) >= 11 is 0. The minimum Gasteiger partial charge on any atom is -0.378 e. The highest BCUT2D eigenvalue weighted by atomic mass is 16.3. The van der Waals surface area contributed by atoms with Crippen LogP contribution in [0.15, 0.2) is 35.9 Å². The van der Waals surface area contributed by atoms with Crippen LogP contribution in [0.2, 0.25) is 0 Å². The van der Waals surface area contributed by atoms with Crippen LogP contribution in [0.5, 0.6) is 0 Å². The molecule has 1 aromatic rings. The van der Waals surface area contributed by atoms with Crippen molar-refractivity contribution in [1.29, 1.82) is 0 Å². The van der Waals surface area contributed by atoms with Gasteiger partial charge in [-0.3, -0.25) is 4.79 Å². The first-order chi connectivity index (χ1) is 15.2. The number of hydrogen-bond donors (Lipinski definition) is 1. The Morgan fingerprint density at radius 3 is 2.41 bits per heavy atom. The van der Waals surface area contributed by atoms with Crippen molar-refractivity contribution < 1.29 is 9.90 Å². The molecule has 5 rings (SSSR count). The molecular weight excluding hydrogens is 394 g/mol. The number of nitrogens with zero attached hydrogens (tertiary/aromatic N) is 1. The molecule has 0 aliphatic heterocycles. The zero-order valence-corrected chi connectivity index (χ0v) is 20.1. The number of benzene rings is 1. The van der Waals surface area contributed by atoms with E-state index in [1.165, 1.54) is 5.57 Å². The number of anilines is 1. The summed E-state index contributed by atoms with van der Waals surface area (Å²) in [5, 5.41) is 11.8. The summed E-state index contributed by atoms with van der Waals surface area (Å²) in [6.07, 6.45) is 9.91. The summed E-state index contributed by atoms with van der Waals surface area (Å²) in [6, 6.07) is 8.28. The second-order valence-corrected chi connectivity index (χ2v) is 11.5. The number of ketones is 1. The quantitative estimate of drug-likeness (QED) is 0.608. The van der Waals surface area contributed by atoms with Crippen LogP contribution in [-0.4, -0.2) is 30.6 Å². The minimum atomic E-state index is -0.914. The van der Waals surface area contributed by atoms with Crippen molar-refractivity contribution in [3.63, 3.8) is 0 Å². The number of hydrogen-bond acceptors (Lipinski definition) is 3. The number of allylic oxidation sites excluding steroid dienone is 1. The molecule has 0 amide bonds. The maximum Gasteiger partial charge on any atom is 0.155 e. The van der Waals surface area contributed by atoms with Gasteiger partial charge in [-0.05, 0) is 98.5 Å². The van der Waals surface area contributed by atoms with Gasteiger partial charge in [0, 0.05) is 37.2 Å². The third-order valence-electron chi connectivity index (χ3n) is 9.91. The normalized spacial score (nSPS) is 40.3. The molecule has 32 heavy (non-hydrogen) atoms. The van der Waals surface area contributed by atoms with Gasteiger partial charge in [0.25, 0.3) is 0 Å². The van der Waals surface area contributed by atoms with Crippen LogP contribution in [0.4, 0.5) is 5.69 Å². The first kappa shape index (κ1) is 21.8. The highest BCUT2D eigenvalue weighted by Gasteiger charge is 2.63. The summed E-state index contributed by atoms with van der Waals surface area (Å²) in [4.78, 5) is 14.1. The molecule has 6 atom stereocenters. The monoisotopic (exact) mass is 431 g/mol. The zero-order chi connectivity index (χ0) is 22.7. The zero-order valence-electron chi connectivity index (χ0n) is 20.1. The van der Waals surface area contributed by atoms with Crippen molar-refractivity contribution >= 4 is 11.5 Å². The fourth-order valence-electron chi connectivity index (χ4n) is 7.80. The molecule has 0 bridgehead atoms. The Kier molecular flexibility index (Phi) is 5.10. The third kappa shape index (κ3) is 3.18. The van der Waals surface area contributed by atoms with E-state index < -0.39 is 5.60 Å². The molecule has 3 heteroatoms. The summed E-state index contributed by atoms with van der Waals surface area (Å²) in [6.45, 7) is 4.73. The Morgan fingerprint density at radius 2 is 1.69 bits per heavy atom. The van der Waals surface area contributed by atoms with Crippen molar-refractivity contribution in [1.82, 2.24) is 0 Å². The summed E-state index contributed by atoms with van der Waals surface area (Å²) in [5.41, 5.74) is 2.65. The molecule has 0 radical (unpaired) electrons. The molecule has 4 aliphatic carbocycles. The van der Waals surface area contributed by atoms with Crippen molar-refractivity contribution in [2.24, 2.45) is 28.6 Å². The largest absolute Gasteiger partial charge is 0.378 e. The molecule has 170 valence electrons. The van der Waals surface area contributed by atoms with E-state index >= 15 is 0 Å². The predicted octanol–water partition coefficient (Wildman–Crippen LogP) is 5.37. The van der Waals surface area contributed by atoms with Gasteiger partial charge in [0.05, 0.1) is 0 Å². The summed E-state index contributed by atoms with van der Waals surface area (Å²) < 4.78 is 0. The van der Waals surface area contributed by atoms with Gasteiger partial charge in [-0.15, -0.1) is 0 Å². The average Bonchev–Trinajstić information content (AvgIpc) is 3.04. The molecular formula is C29H37NO2. The molecule has 1 N–H and O–H groups in total. The number of carbonyl (C=O) groups is 1. The van der Waals surface area contributed by atoms with Crippen LogP contribution in [0.1, 0.15) is 70.8 Å². The lowest BCUT2D eigenvalue weighted by Crippen LogP contribution is -2.54. The van der Waals surface area contributed by atoms with E-state index in [0.29, 0.717) is 30.0 Å². The van der Waals surface area contributed by atoms with Crippen LogP contribution in [0, 0.1) is 40.4 Å². The topological polar surface area (TPSA) is 40.5 Å². The summed E-state index contributed by atoms with van der Waals surface area (Å²) in [7, 11) is 4.07. The number of aliphatic hydroxyl groups is 1. The van der Waals surface area contributed by atoms with Crippen LogP contribution in [-0.2, 0) is 4.79 Å². The lowest BCUT2D eigenvalue weighted by molar-refractivity contribution is -0.119. The van der Waals surface area contributed by atoms with Gasteiger partial charge in [-0.25, -0.2) is 0 Å². The van der Waals surface area contributed by atoms with Crippen molar-refractivity contribution in [3.05, 3.63) is 41.5 Å². The molecule has 4 aliphatic rings. The van der Waals surface area contributed by atoms with E-state index in [1.54, 1.807) is 0 Å². The Labute approximate surface area is 193 Å². The van der Waals surface area contributed by atoms with Crippen molar-refractivity contribution in [2.45, 2.75) is 70.8 Å². The van der Waals surface area contributed by atoms with Gasteiger partial charge >= 0.3 is 0 Å².